The van der Waals surface area contributed by atoms with Crippen LogP contribution < -0.4 is 4.90 Å². The highest BCUT2D eigenvalue weighted by molar-refractivity contribution is 7.17. The zero-order valence-corrected chi connectivity index (χ0v) is 14.2. The van der Waals surface area contributed by atoms with Gasteiger partial charge in [-0.15, -0.1) is 11.3 Å². The summed E-state index contributed by atoms with van der Waals surface area (Å²) in [5, 5.41) is 1.91. The number of hydrogen-bond donors (Lipinski definition) is 0. The highest BCUT2D eigenvalue weighted by Gasteiger charge is 2.35. The normalized spacial score (nSPS) is 13.2. The Hall–Kier alpha value is -2.15. The average Bonchev–Trinajstić information content (AvgIpc) is 3.00. The van der Waals surface area contributed by atoms with Crippen molar-refractivity contribution >= 4 is 27.4 Å². The van der Waals surface area contributed by atoms with Crippen LogP contribution in [-0.4, -0.2) is 17.0 Å². The molecule has 3 aromatic rings. The van der Waals surface area contributed by atoms with Crippen molar-refractivity contribution in [3.63, 3.8) is 0 Å². The lowest BCUT2D eigenvalue weighted by Crippen LogP contribution is -2.25. The molecule has 0 N–H and O–H groups in total. The van der Waals surface area contributed by atoms with E-state index >= 15 is 0 Å². The predicted octanol–water partition coefficient (Wildman–Crippen LogP) is 5.22. The molecule has 2 aromatic heterocycles. The molecule has 0 amide bonds. The Kier molecular flexibility index (Phi) is 4.21. The lowest BCUT2D eigenvalue weighted by molar-refractivity contribution is -0.138. The van der Waals surface area contributed by atoms with Gasteiger partial charge in [-0.1, -0.05) is 18.2 Å². The van der Waals surface area contributed by atoms with Crippen LogP contribution >= 0.6 is 11.3 Å². The second-order valence-electron chi connectivity index (χ2n) is 5.60. The number of fused-ring (bicyclic) bond motifs is 1. The number of aryl methyl sites for hydroxylation is 1. The molecule has 0 saturated heterocycles. The monoisotopic (exact) mass is 351 g/mol. The maximum atomic E-state index is 13.3. The first-order valence-electron chi connectivity index (χ1n) is 7.40. The van der Waals surface area contributed by atoms with E-state index in [9.17, 15) is 13.2 Å². The molecule has 0 radical (unpaired) electrons. The summed E-state index contributed by atoms with van der Waals surface area (Å²) >= 11 is 1.48. The van der Waals surface area contributed by atoms with Gasteiger partial charge in [0.15, 0.2) is 5.82 Å². The summed E-state index contributed by atoms with van der Waals surface area (Å²) in [5.74, 6) is 1.25. The molecule has 24 heavy (non-hydrogen) atoms. The smallest absolute Gasteiger partial charge is 0.352 e. The number of thiophene rings is 1. The number of anilines is 1. The SMILES string of the molecule is Cc1nc(N(C)C(C)c2ccccc2C(F)(F)F)c2sccc2n1. The molecule has 0 aliphatic rings. The summed E-state index contributed by atoms with van der Waals surface area (Å²) in [6, 6.07) is 7.07. The molecule has 0 aliphatic carbocycles. The first-order chi connectivity index (χ1) is 11.3. The van der Waals surface area contributed by atoms with Gasteiger partial charge in [0.05, 0.1) is 21.8 Å². The fourth-order valence-corrected chi connectivity index (χ4v) is 3.57. The van der Waals surface area contributed by atoms with Crippen LogP contribution in [0.15, 0.2) is 35.7 Å². The summed E-state index contributed by atoms with van der Waals surface area (Å²) in [4.78, 5) is 10.6. The van der Waals surface area contributed by atoms with Crippen molar-refractivity contribution in [2.75, 3.05) is 11.9 Å². The van der Waals surface area contributed by atoms with E-state index in [-0.39, 0.29) is 5.56 Å². The number of rotatable bonds is 3. The van der Waals surface area contributed by atoms with Crippen LogP contribution in [0, 0.1) is 6.92 Å². The van der Waals surface area contributed by atoms with Crippen LogP contribution in [0.2, 0.25) is 0 Å². The Morgan fingerprint density at radius 3 is 2.54 bits per heavy atom. The second-order valence-corrected chi connectivity index (χ2v) is 6.52. The highest BCUT2D eigenvalue weighted by atomic mass is 32.1. The van der Waals surface area contributed by atoms with Crippen LogP contribution in [-0.2, 0) is 6.18 Å². The third-order valence-electron chi connectivity index (χ3n) is 4.03. The summed E-state index contributed by atoms with van der Waals surface area (Å²) in [6.45, 7) is 3.53. The molecule has 0 spiro atoms. The van der Waals surface area contributed by atoms with E-state index in [0.29, 0.717) is 11.6 Å². The van der Waals surface area contributed by atoms with Crippen molar-refractivity contribution in [3.8, 4) is 0 Å². The van der Waals surface area contributed by atoms with Crippen molar-refractivity contribution in [1.29, 1.82) is 0 Å². The molecule has 1 unspecified atom stereocenters. The Morgan fingerprint density at radius 2 is 1.83 bits per heavy atom. The topological polar surface area (TPSA) is 29.0 Å². The average molecular weight is 351 g/mol. The second kappa shape index (κ2) is 6.05. The number of alkyl halides is 3. The zero-order chi connectivity index (χ0) is 17.5. The van der Waals surface area contributed by atoms with Gasteiger partial charge in [0.1, 0.15) is 5.82 Å². The summed E-state index contributed by atoms with van der Waals surface area (Å²) < 4.78 is 40.8. The van der Waals surface area contributed by atoms with E-state index in [2.05, 4.69) is 9.97 Å². The van der Waals surface area contributed by atoms with Gasteiger partial charge in [0, 0.05) is 7.05 Å². The zero-order valence-electron chi connectivity index (χ0n) is 13.4. The number of hydrogen-bond acceptors (Lipinski definition) is 4. The van der Waals surface area contributed by atoms with Gasteiger partial charge in [-0.05, 0) is 36.9 Å². The molecule has 1 atom stereocenters. The molecule has 1 aromatic carbocycles. The van der Waals surface area contributed by atoms with Gasteiger partial charge in [0.2, 0.25) is 0 Å². The first kappa shape index (κ1) is 16.7. The number of nitrogens with zero attached hydrogens (tertiary/aromatic N) is 3. The van der Waals surface area contributed by atoms with Crippen LogP contribution in [0.25, 0.3) is 10.2 Å². The standard InChI is InChI=1S/C17H16F3N3S/c1-10(12-6-4-5-7-13(12)17(18,19)20)23(3)16-15-14(8-9-24-15)21-11(2)22-16/h4-10H,1-3H3. The Balaban J connectivity index is 2.07. The minimum atomic E-state index is -4.38. The van der Waals surface area contributed by atoms with Gasteiger partial charge in [-0.25, -0.2) is 9.97 Å². The first-order valence-corrected chi connectivity index (χ1v) is 8.28. The minimum Gasteiger partial charge on any atom is -0.352 e. The van der Waals surface area contributed by atoms with Crippen LogP contribution in [0.3, 0.4) is 0 Å². The summed E-state index contributed by atoms with van der Waals surface area (Å²) in [6.07, 6.45) is -4.38. The van der Waals surface area contributed by atoms with Gasteiger partial charge in [0.25, 0.3) is 0 Å². The molecule has 2 heterocycles. The number of benzene rings is 1. The van der Waals surface area contributed by atoms with Gasteiger partial charge < -0.3 is 4.90 Å². The van der Waals surface area contributed by atoms with Crippen molar-refractivity contribution in [2.45, 2.75) is 26.1 Å². The summed E-state index contributed by atoms with van der Waals surface area (Å²) in [7, 11) is 1.76. The molecule has 7 heteroatoms. The van der Waals surface area contributed by atoms with E-state index in [1.165, 1.54) is 23.5 Å². The molecule has 0 saturated carbocycles. The van der Waals surface area contributed by atoms with Gasteiger partial charge >= 0.3 is 6.18 Å². The van der Waals surface area contributed by atoms with Crippen molar-refractivity contribution in [3.05, 3.63) is 52.7 Å². The van der Waals surface area contributed by atoms with E-state index in [0.717, 1.165) is 16.3 Å². The van der Waals surface area contributed by atoms with E-state index in [1.54, 1.807) is 31.9 Å². The van der Waals surface area contributed by atoms with Crippen LogP contribution in [0.4, 0.5) is 19.0 Å². The third kappa shape index (κ3) is 2.96. The Morgan fingerprint density at radius 1 is 1.12 bits per heavy atom. The molecule has 0 bridgehead atoms. The van der Waals surface area contributed by atoms with E-state index in [1.807, 2.05) is 11.4 Å². The molecule has 3 rings (SSSR count). The highest BCUT2D eigenvalue weighted by Crippen LogP contribution is 2.38. The number of halogens is 3. The Labute approximate surface area is 141 Å². The molecule has 3 nitrogen and oxygen atoms in total. The van der Waals surface area contributed by atoms with Crippen molar-refractivity contribution in [2.24, 2.45) is 0 Å². The van der Waals surface area contributed by atoms with Gasteiger partial charge in [-0.3, -0.25) is 0 Å². The molecule has 126 valence electrons. The largest absolute Gasteiger partial charge is 0.416 e. The fraction of sp³-hybridized carbons (Fsp3) is 0.294. The lowest BCUT2D eigenvalue weighted by atomic mass is 10.00. The number of aromatic nitrogens is 2. The van der Waals surface area contributed by atoms with Crippen LogP contribution in [0.1, 0.15) is 29.9 Å². The molecular formula is C17H16F3N3S. The Bertz CT molecular complexity index is 873. The third-order valence-corrected chi connectivity index (χ3v) is 4.93. The van der Waals surface area contributed by atoms with E-state index < -0.39 is 17.8 Å². The summed E-state index contributed by atoms with van der Waals surface area (Å²) in [5.41, 5.74) is 0.427. The fourth-order valence-electron chi connectivity index (χ4n) is 2.71. The molecule has 0 fully saturated rings. The van der Waals surface area contributed by atoms with E-state index in [4.69, 9.17) is 0 Å². The van der Waals surface area contributed by atoms with Crippen molar-refractivity contribution in [1.82, 2.24) is 9.97 Å². The minimum absolute atomic E-state index is 0.230. The molecule has 0 aliphatic heterocycles. The maximum absolute atomic E-state index is 13.3. The quantitative estimate of drug-likeness (QED) is 0.648. The van der Waals surface area contributed by atoms with Crippen molar-refractivity contribution < 1.29 is 13.2 Å². The van der Waals surface area contributed by atoms with Gasteiger partial charge in [-0.2, -0.15) is 13.2 Å². The lowest BCUT2D eigenvalue weighted by Gasteiger charge is -2.29. The maximum Gasteiger partial charge on any atom is 0.416 e. The van der Waals surface area contributed by atoms with Crippen LogP contribution in [0.5, 0.6) is 0 Å². The predicted molar refractivity (Wildman–Crippen MR) is 90.4 cm³/mol. The molecular weight excluding hydrogens is 335 g/mol.